The normalized spacial score (nSPS) is 12.2. The van der Waals surface area contributed by atoms with Crippen molar-refractivity contribution < 1.29 is 55.0 Å². The Morgan fingerprint density at radius 2 is 0.371 bits per heavy atom. The van der Waals surface area contributed by atoms with Crippen LogP contribution in [0.2, 0.25) is 0 Å². The predicted molar refractivity (Wildman–Crippen MR) is 448 cm³/mol. The zero-order chi connectivity index (χ0) is 75.4. The molecule has 0 saturated carbocycles. The number of benzene rings is 4. The van der Waals surface area contributed by atoms with Gasteiger partial charge in [0.05, 0.1) is 138 Å². The number of hydrogen-bond acceptors (Lipinski definition) is 22. The summed E-state index contributed by atoms with van der Waals surface area (Å²) in [6.45, 7) is 38.9. The van der Waals surface area contributed by atoms with E-state index in [9.17, 15) is 0 Å². The molecule has 105 heavy (non-hydrogen) atoms. The zero-order valence-electron chi connectivity index (χ0n) is 66.3. The van der Waals surface area contributed by atoms with Crippen LogP contribution in [0.25, 0.3) is 89.7 Å². The fourth-order valence-corrected chi connectivity index (χ4v) is 19.0. The molecule has 2 aliphatic heterocycles. The Labute approximate surface area is 670 Å². The largest absolute Gasteiger partial charge is 2.00 e. The second kappa shape index (κ2) is 40.2. The Morgan fingerprint density at radius 3 is 0.514 bits per heavy atom. The minimum absolute atomic E-state index is 0. The van der Waals surface area contributed by atoms with E-state index >= 15 is 0 Å². The van der Waals surface area contributed by atoms with Crippen molar-refractivity contribution in [3.63, 3.8) is 0 Å². The maximum atomic E-state index is 7.29. The van der Waals surface area contributed by atoms with Crippen molar-refractivity contribution in [2.45, 2.75) is 201 Å². The summed E-state index contributed by atoms with van der Waals surface area (Å²) in [4.78, 5) is 53.9. The van der Waals surface area contributed by atoms with Crippen LogP contribution in [-0.2, 0) is 17.1 Å². The van der Waals surface area contributed by atoms with Crippen LogP contribution in [0.15, 0.2) is 39.2 Å². The van der Waals surface area contributed by atoms with Crippen molar-refractivity contribution >= 4 is 138 Å². The average Bonchev–Trinajstić information content (AvgIpc) is 1.59. The molecule has 0 atom stereocenters. The Morgan fingerprint density at radius 1 is 0.229 bits per heavy atom. The third-order valence-corrected chi connectivity index (χ3v) is 24.8. The van der Waals surface area contributed by atoms with Gasteiger partial charge in [0, 0.05) is 44.1 Å². The molecule has 5 heterocycles. The molecule has 579 valence electrons. The minimum atomic E-state index is 0. The Kier molecular flexibility index (Phi) is 33.2. The van der Waals surface area contributed by atoms with E-state index in [1.807, 2.05) is 0 Å². The Bertz CT molecular complexity index is 3790. The molecule has 4 aromatic carbocycles. The maximum Gasteiger partial charge on any atom is 2.00 e. The van der Waals surface area contributed by atoms with Gasteiger partial charge in [-0.15, -0.1) is 94.1 Å². The van der Waals surface area contributed by atoms with Crippen LogP contribution in [0.5, 0.6) is 46.0 Å². The van der Waals surface area contributed by atoms with Gasteiger partial charge in [0.2, 0.25) is 0 Å². The first-order valence-corrected chi connectivity index (χ1v) is 46.7. The van der Waals surface area contributed by atoms with Crippen LogP contribution in [0.3, 0.4) is 0 Å². The number of ether oxygens (including phenoxy) is 8. The quantitative estimate of drug-likeness (QED) is 0.0261. The van der Waals surface area contributed by atoms with Gasteiger partial charge in [-0.3, -0.25) is 0 Å². The van der Waals surface area contributed by atoms with E-state index in [1.165, 1.54) is 0 Å². The van der Waals surface area contributed by atoms with Crippen LogP contribution < -0.4 is 47.9 Å². The number of fused-ring (bicyclic) bond motifs is 20. The van der Waals surface area contributed by atoms with Crippen molar-refractivity contribution in [1.29, 1.82) is 0 Å². The van der Waals surface area contributed by atoms with Gasteiger partial charge < -0.3 is 67.8 Å². The topological polar surface area (TPSA) is 179 Å². The summed E-state index contributed by atoms with van der Waals surface area (Å²) in [7, 11) is 0. The first kappa shape index (κ1) is 86.6. The summed E-state index contributed by atoms with van der Waals surface area (Å²) in [5.41, 5.74) is 3.81. The van der Waals surface area contributed by atoms with E-state index in [4.69, 9.17) is 77.8 Å². The summed E-state index contributed by atoms with van der Waals surface area (Å²) in [6.07, 6.45) is 23.2. The van der Waals surface area contributed by atoms with Crippen molar-refractivity contribution in [1.82, 2.24) is 39.9 Å². The summed E-state index contributed by atoms with van der Waals surface area (Å²) in [6, 6.07) is 0. The third kappa shape index (κ3) is 19.8. The second-order valence-electron chi connectivity index (χ2n) is 29.6. The van der Waals surface area contributed by atoms with Crippen molar-refractivity contribution in [3.8, 4) is 91.5 Å². The van der Waals surface area contributed by atoms with Gasteiger partial charge in [0.1, 0.15) is 46.0 Å². The molecule has 3 aromatic heterocycles. The number of aromatic nitrogens is 8. The van der Waals surface area contributed by atoms with Crippen LogP contribution in [0.4, 0.5) is 0 Å². The fraction of sp³-hybridized carbons (Fsp3) is 0.600. The summed E-state index contributed by atoms with van der Waals surface area (Å²) in [5.74, 6) is 9.16. The van der Waals surface area contributed by atoms with E-state index in [1.54, 1.807) is 94.1 Å². The molecule has 8 bridgehead atoms. The first-order valence-electron chi connectivity index (χ1n) is 36.9. The van der Waals surface area contributed by atoms with Gasteiger partial charge in [-0.2, -0.15) is 0 Å². The molecule has 0 N–H and O–H groups in total. The Balaban J connectivity index is 0.0000139. The third-order valence-electron chi connectivity index (χ3n) is 17.9. The van der Waals surface area contributed by atoms with Crippen LogP contribution in [-0.4, -0.2) is 133 Å². The number of nitrogens with zero attached hydrogens (tertiary/aromatic N) is 8. The van der Waals surface area contributed by atoms with Gasteiger partial charge >= 0.3 is 17.1 Å². The molecule has 7 aromatic rings. The molecule has 25 heteroatoms. The summed E-state index contributed by atoms with van der Waals surface area (Å²) < 4.78 is 58.3. The molecular formula is C80H112CuN8O8S8. The molecule has 2 aliphatic rings. The molecule has 0 unspecified atom stereocenters. The number of rotatable bonds is 40. The Hall–Kier alpha value is -4.04. The van der Waals surface area contributed by atoms with Crippen molar-refractivity contribution in [2.75, 3.05) is 103 Å². The van der Waals surface area contributed by atoms with Gasteiger partial charge in [-0.25, -0.2) is 9.97 Å². The zero-order valence-corrected chi connectivity index (χ0v) is 73.8. The standard InChI is InChI=1S/C80H112N8O8S8.Cu/c1-41(2)25-33-89-57-49-50(58(90-34-26-42(3)4)66(98-18)65(57)97-17)74-81-73(49)85-75-51-52(60(92-36-28-44(7)8)68(100-20)67(99-19)59(51)91-35-27-43(5)6)77(82-75)87-79-55-56(64(96-40-32-48(15)16)72(104-24)71(103-23)63(55)95-39-31-47(13)14)80(84-79)88-78-54-53(76(83-78)86-74)61(93-37-29-45(9)10)69(101-21)70(102-22)62(54)94-38-30-46(11)12;/h41-48H,25-40H2,1-24H3;/q-2;+2. The van der Waals surface area contributed by atoms with Gasteiger partial charge in [0.15, 0.2) is 0 Å². The van der Waals surface area contributed by atoms with Crippen LogP contribution in [0.1, 0.15) is 162 Å². The SMILES string of the molecule is CSc1c(OCCC(C)C)c2c(c(OCCC(C)C)c1SC)-c1nc-2nc2[n-]c(nc3nc(nc4[n-]c(n1)c1c(OCCC(C)C)c(SC)c(SC)c(OCCC(C)C)c41)-c1c(OCCC(C)C)c(SC)c(SC)c(OCCC(C)C)c1-3)c1c(OCCC(C)C)c(SC)c(SC)c(OCCC(C)C)c21.[Cu+2]. The summed E-state index contributed by atoms with van der Waals surface area (Å²) >= 11 is 12.9. The van der Waals surface area contributed by atoms with E-state index in [0.717, 1.165) is 90.5 Å². The summed E-state index contributed by atoms with van der Waals surface area (Å²) in [5, 5.41) is 2.52. The van der Waals surface area contributed by atoms with Gasteiger partial charge in [-0.05, 0) is 149 Å². The number of thioether (sulfide) groups is 8. The van der Waals surface area contributed by atoms with Crippen molar-refractivity contribution in [2.24, 2.45) is 47.3 Å². The second-order valence-corrected chi connectivity index (χ2v) is 36.2. The van der Waals surface area contributed by atoms with E-state index in [0.29, 0.717) is 236 Å². The molecule has 9 rings (SSSR count). The minimum Gasteiger partial charge on any atom is -0.492 e. The molecule has 0 saturated heterocycles. The molecule has 0 amide bonds. The molecular weight excluding hydrogens is 1520 g/mol. The van der Waals surface area contributed by atoms with E-state index in [2.05, 4.69) is 161 Å². The average molecular weight is 1630 g/mol. The number of hydrogen-bond donors (Lipinski definition) is 0. The van der Waals surface area contributed by atoms with Crippen LogP contribution in [0, 0.1) is 47.3 Å². The van der Waals surface area contributed by atoms with E-state index in [-0.39, 0.29) is 17.1 Å². The molecule has 16 nitrogen and oxygen atoms in total. The monoisotopic (exact) mass is 1630 g/mol. The van der Waals surface area contributed by atoms with Crippen molar-refractivity contribution in [3.05, 3.63) is 0 Å². The predicted octanol–water partition coefficient (Wildman–Crippen LogP) is 23.3. The molecule has 0 spiro atoms. The maximum absolute atomic E-state index is 7.29. The molecule has 1 radical (unpaired) electrons. The fourth-order valence-electron chi connectivity index (χ4n) is 12.0. The van der Waals surface area contributed by atoms with Gasteiger partial charge in [-0.1, -0.05) is 111 Å². The van der Waals surface area contributed by atoms with E-state index < -0.39 is 0 Å². The van der Waals surface area contributed by atoms with Crippen LogP contribution >= 0.6 is 94.1 Å². The smallest absolute Gasteiger partial charge is 0.492 e. The van der Waals surface area contributed by atoms with Gasteiger partial charge in [0.25, 0.3) is 0 Å². The molecule has 0 fully saturated rings. The first-order chi connectivity index (χ1) is 49.9. The molecule has 0 aliphatic carbocycles.